The van der Waals surface area contributed by atoms with Gasteiger partial charge in [0.1, 0.15) is 8.77 Å². The molecule has 0 aromatic carbocycles. The standard InChI is InChI=1S/C2H6O2S2.ClH/c1-2-6(3,4)5;/h2H2,1H3,(H,3,4,5);1H. The molecular formula is C2H7ClO2S2. The minimum absolute atomic E-state index is 0. The first-order valence-corrected chi connectivity index (χ1v) is 4.12. The van der Waals surface area contributed by atoms with Gasteiger partial charge in [-0.05, 0) is 0 Å². The van der Waals surface area contributed by atoms with E-state index >= 15 is 0 Å². The first kappa shape index (κ1) is 10.6. The number of hydrogen-bond donors (Lipinski definition) is 1. The molecule has 0 saturated carbocycles. The molecule has 1 N–H and O–H groups in total. The summed E-state index contributed by atoms with van der Waals surface area (Å²) in [5, 5.41) is 0. The lowest BCUT2D eigenvalue weighted by Crippen LogP contribution is -1.95. The van der Waals surface area contributed by atoms with Crippen molar-refractivity contribution in [2.24, 2.45) is 0 Å². The fourth-order valence-electron chi connectivity index (χ4n) is 0. The van der Waals surface area contributed by atoms with E-state index in [-0.39, 0.29) is 18.2 Å². The Morgan fingerprint density at radius 3 is 2.00 bits per heavy atom. The zero-order valence-electron chi connectivity index (χ0n) is 3.79. The van der Waals surface area contributed by atoms with Gasteiger partial charge in [-0.2, -0.15) is 0 Å². The molecule has 0 aromatic heterocycles. The molecule has 7 heavy (non-hydrogen) atoms. The highest BCUT2D eigenvalue weighted by Crippen LogP contribution is 1.76. The normalized spacial score (nSPS) is 16.9. The van der Waals surface area contributed by atoms with Crippen LogP contribution in [0, 0.1) is 0 Å². The summed E-state index contributed by atoms with van der Waals surface area (Å²) in [4.78, 5) is 0. The minimum atomic E-state index is -2.83. The van der Waals surface area contributed by atoms with E-state index in [1.807, 2.05) is 0 Å². The van der Waals surface area contributed by atoms with E-state index in [4.69, 9.17) is 4.55 Å². The molecule has 0 radical (unpaired) electrons. The number of halogens is 1. The first-order valence-electron chi connectivity index (χ1n) is 1.51. The number of hydrogen-bond acceptors (Lipinski definition) is 2. The summed E-state index contributed by atoms with van der Waals surface area (Å²) in [6, 6.07) is 0. The smallest absolute Gasteiger partial charge is 0.141 e. The Kier molecular flexibility index (Phi) is 5.44. The second-order valence-electron chi connectivity index (χ2n) is 0.871. The van der Waals surface area contributed by atoms with Crippen LogP contribution in [0.4, 0.5) is 0 Å². The molecule has 0 aliphatic rings. The third-order valence-corrected chi connectivity index (χ3v) is 1.80. The van der Waals surface area contributed by atoms with Crippen LogP contribution < -0.4 is 0 Å². The molecule has 0 spiro atoms. The lowest BCUT2D eigenvalue weighted by Gasteiger charge is -1.84. The lowest BCUT2D eigenvalue weighted by molar-refractivity contribution is 0.563. The molecule has 1 unspecified atom stereocenters. The van der Waals surface area contributed by atoms with Crippen molar-refractivity contribution in [1.29, 1.82) is 0 Å². The summed E-state index contributed by atoms with van der Waals surface area (Å²) in [6.45, 7) is 1.58. The molecule has 2 nitrogen and oxygen atoms in total. The van der Waals surface area contributed by atoms with Crippen LogP contribution in [-0.4, -0.2) is 14.5 Å². The first-order chi connectivity index (χ1) is 2.56. The van der Waals surface area contributed by atoms with Crippen LogP contribution >= 0.6 is 12.4 Å². The van der Waals surface area contributed by atoms with E-state index < -0.39 is 8.77 Å². The maximum absolute atomic E-state index is 9.93. The average Bonchev–Trinajstić information content (AvgIpc) is 1.35. The molecule has 0 rings (SSSR count). The van der Waals surface area contributed by atoms with Crippen molar-refractivity contribution < 1.29 is 8.76 Å². The van der Waals surface area contributed by atoms with Crippen molar-refractivity contribution in [2.45, 2.75) is 6.92 Å². The molecule has 0 heterocycles. The molecule has 5 heteroatoms. The summed E-state index contributed by atoms with van der Waals surface area (Å²) < 4.78 is 18.1. The summed E-state index contributed by atoms with van der Waals surface area (Å²) in [6.07, 6.45) is 0. The van der Waals surface area contributed by atoms with Crippen molar-refractivity contribution in [2.75, 3.05) is 5.75 Å². The van der Waals surface area contributed by atoms with Gasteiger partial charge in [0.25, 0.3) is 0 Å². The van der Waals surface area contributed by atoms with E-state index in [9.17, 15) is 4.21 Å². The summed E-state index contributed by atoms with van der Waals surface area (Å²) in [7, 11) is -2.83. The summed E-state index contributed by atoms with van der Waals surface area (Å²) in [5.41, 5.74) is 0. The highest BCUT2D eigenvalue weighted by molar-refractivity contribution is 8.29. The van der Waals surface area contributed by atoms with Gasteiger partial charge in [0.05, 0.1) is 0 Å². The van der Waals surface area contributed by atoms with Crippen molar-refractivity contribution in [3.63, 3.8) is 0 Å². The molecule has 1 atom stereocenters. The number of rotatable bonds is 1. The van der Waals surface area contributed by atoms with Gasteiger partial charge in [-0.3, -0.25) is 0 Å². The van der Waals surface area contributed by atoms with Gasteiger partial charge >= 0.3 is 0 Å². The Hall–Kier alpha value is 0.620. The fraction of sp³-hybridized carbons (Fsp3) is 1.00. The molecule has 0 aliphatic carbocycles. The Morgan fingerprint density at radius 1 is 1.86 bits per heavy atom. The van der Waals surface area contributed by atoms with Crippen molar-refractivity contribution in [1.82, 2.24) is 0 Å². The second kappa shape index (κ2) is 3.60. The highest BCUT2D eigenvalue weighted by atomic mass is 35.5. The van der Waals surface area contributed by atoms with Gasteiger partial charge < -0.3 is 4.55 Å². The molecule has 0 saturated heterocycles. The van der Waals surface area contributed by atoms with Crippen LogP contribution in [0.1, 0.15) is 6.92 Å². The zero-order chi connectivity index (χ0) is 5.21. The van der Waals surface area contributed by atoms with Crippen LogP contribution in [0.3, 0.4) is 0 Å². The Bertz CT molecular complexity index is 116. The third-order valence-electron chi connectivity index (χ3n) is 0.365. The van der Waals surface area contributed by atoms with E-state index in [1.54, 1.807) is 6.92 Å². The van der Waals surface area contributed by atoms with Gasteiger partial charge in [0.15, 0.2) is 0 Å². The molecular weight excluding hydrogens is 156 g/mol. The quantitative estimate of drug-likeness (QED) is 0.615. The fourth-order valence-corrected chi connectivity index (χ4v) is 0. The van der Waals surface area contributed by atoms with Gasteiger partial charge in [0, 0.05) is 16.9 Å². The van der Waals surface area contributed by atoms with Crippen LogP contribution in [-0.2, 0) is 20.0 Å². The van der Waals surface area contributed by atoms with E-state index in [0.717, 1.165) is 0 Å². The zero-order valence-corrected chi connectivity index (χ0v) is 6.24. The van der Waals surface area contributed by atoms with E-state index in [2.05, 4.69) is 11.2 Å². The predicted octanol–water partition coefficient (Wildman–Crippen LogP) is 0.647. The van der Waals surface area contributed by atoms with Gasteiger partial charge in [-0.1, -0.05) is 6.92 Å². The monoisotopic (exact) mass is 162 g/mol. The largest absolute Gasteiger partial charge is 0.306 e. The topological polar surface area (TPSA) is 37.3 Å². The lowest BCUT2D eigenvalue weighted by atomic mass is 11.0. The molecule has 0 aromatic rings. The molecule has 0 amide bonds. The molecule has 46 valence electrons. The van der Waals surface area contributed by atoms with Crippen LogP contribution in [0.25, 0.3) is 0 Å². The van der Waals surface area contributed by atoms with Crippen LogP contribution in [0.15, 0.2) is 0 Å². The summed E-state index contributed by atoms with van der Waals surface area (Å²) >= 11 is 4.07. The Labute approximate surface area is 54.2 Å². The maximum Gasteiger partial charge on any atom is 0.141 e. The SMILES string of the molecule is CCS(=O)(O)=S.Cl. The van der Waals surface area contributed by atoms with Crippen molar-refractivity contribution >= 4 is 32.4 Å². The average molecular weight is 163 g/mol. The molecule has 0 aliphatic heterocycles. The van der Waals surface area contributed by atoms with Gasteiger partial charge in [-0.15, -0.1) is 12.4 Å². The summed E-state index contributed by atoms with van der Waals surface area (Å²) in [5.74, 6) is 0.169. The van der Waals surface area contributed by atoms with E-state index in [1.165, 1.54) is 0 Å². The maximum atomic E-state index is 9.93. The van der Waals surface area contributed by atoms with Gasteiger partial charge in [-0.25, -0.2) is 4.21 Å². The highest BCUT2D eigenvalue weighted by Gasteiger charge is 1.87. The predicted molar refractivity (Wildman–Crippen MR) is 35.9 cm³/mol. The van der Waals surface area contributed by atoms with Crippen molar-refractivity contribution in [3.05, 3.63) is 0 Å². The van der Waals surface area contributed by atoms with Gasteiger partial charge in [0.2, 0.25) is 0 Å². The Balaban J connectivity index is 0. The third kappa shape index (κ3) is 10.8. The molecule has 0 bridgehead atoms. The van der Waals surface area contributed by atoms with Crippen LogP contribution in [0.5, 0.6) is 0 Å². The van der Waals surface area contributed by atoms with Crippen molar-refractivity contribution in [3.8, 4) is 0 Å². The second-order valence-corrected chi connectivity index (χ2v) is 4.17. The minimum Gasteiger partial charge on any atom is -0.306 e. The van der Waals surface area contributed by atoms with Crippen LogP contribution in [0.2, 0.25) is 0 Å². The molecule has 0 fully saturated rings. The van der Waals surface area contributed by atoms with E-state index in [0.29, 0.717) is 0 Å². The Morgan fingerprint density at radius 2 is 2.00 bits per heavy atom.